The molecule has 0 radical (unpaired) electrons. The Morgan fingerprint density at radius 3 is 2.73 bits per heavy atom. The zero-order valence-corrected chi connectivity index (χ0v) is 9.28. The predicted octanol–water partition coefficient (Wildman–Crippen LogP) is 1.98. The number of hydrogen-bond acceptors (Lipinski definition) is 3. The normalized spacial score (nSPS) is 11.3. The Balaban J connectivity index is 2.66. The number of nitrogens with one attached hydrogen (secondary N) is 1. The van der Waals surface area contributed by atoms with Gasteiger partial charge in [-0.15, -0.1) is 0 Å². The van der Waals surface area contributed by atoms with E-state index in [1.165, 1.54) is 0 Å². The zero-order valence-electron chi connectivity index (χ0n) is 9.28. The zero-order chi connectivity index (χ0) is 11.0. The highest BCUT2D eigenvalue weighted by Gasteiger charge is 2.10. The van der Waals surface area contributed by atoms with Crippen molar-refractivity contribution in [3.8, 4) is 0 Å². The first-order valence-electron chi connectivity index (χ1n) is 5.06. The summed E-state index contributed by atoms with van der Waals surface area (Å²) in [4.78, 5) is 4.58. The van der Waals surface area contributed by atoms with Gasteiger partial charge in [0.2, 0.25) is 0 Å². The third-order valence-electron chi connectivity index (χ3n) is 2.60. The van der Waals surface area contributed by atoms with Gasteiger partial charge in [-0.3, -0.25) is 5.84 Å². The summed E-state index contributed by atoms with van der Waals surface area (Å²) in [6, 6.07) is 5.92. The number of hydrazine groups is 1. The second-order valence-electron chi connectivity index (χ2n) is 4.03. The molecule has 0 amide bonds. The maximum Gasteiger partial charge on any atom is 0.112 e. The fourth-order valence-corrected chi connectivity index (χ4v) is 1.81. The summed E-state index contributed by atoms with van der Waals surface area (Å²) in [5.74, 6) is 6.90. The molecule has 0 atom stereocenters. The van der Waals surface area contributed by atoms with Crippen LogP contribution in [0.1, 0.15) is 25.6 Å². The van der Waals surface area contributed by atoms with Gasteiger partial charge in [-0.25, -0.2) is 4.98 Å². The lowest BCUT2D eigenvalue weighted by Crippen LogP contribution is -2.06. The third kappa shape index (κ3) is 1.57. The Morgan fingerprint density at radius 1 is 1.40 bits per heavy atom. The molecule has 4 heteroatoms. The molecular formula is C11H16N4. The van der Waals surface area contributed by atoms with E-state index in [4.69, 9.17) is 5.84 Å². The monoisotopic (exact) mass is 204 g/mol. The molecule has 2 aromatic rings. The lowest BCUT2D eigenvalue weighted by Gasteiger charge is -2.05. The Labute approximate surface area is 89.1 Å². The van der Waals surface area contributed by atoms with Crippen molar-refractivity contribution in [2.24, 2.45) is 12.9 Å². The molecule has 0 saturated carbocycles. The smallest absolute Gasteiger partial charge is 0.112 e. The summed E-state index contributed by atoms with van der Waals surface area (Å²) in [5.41, 5.74) is 5.67. The van der Waals surface area contributed by atoms with Crippen molar-refractivity contribution in [1.82, 2.24) is 9.55 Å². The van der Waals surface area contributed by atoms with E-state index in [0.29, 0.717) is 5.92 Å². The number of imidazole rings is 1. The van der Waals surface area contributed by atoms with Crippen molar-refractivity contribution in [1.29, 1.82) is 0 Å². The number of nitrogens with zero attached hydrogens (tertiary/aromatic N) is 2. The number of benzene rings is 1. The largest absolute Gasteiger partial charge is 0.331 e. The van der Waals surface area contributed by atoms with Crippen molar-refractivity contribution < 1.29 is 0 Å². The van der Waals surface area contributed by atoms with Crippen LogP contribution in [0, 0.1) is 0 Å². The highest BCUT2D eigenvalue weighted by atomic mass is 15.2. The lowest BCUT2D eigenvalue weighted by atomic mass is 10.2. The highest BCUT2D eigenvalue weighted by molar-refractivity contribution is 5.80. The van der Waals surface area contributed by atoms with E-state index in [9.17, 15) is 0 Å². The second-order valence-corrected chi connectivity index (χ2v) is 4.03. The molecule has 1 aromatic heterocycles. The van der Waals surface area contributed by atoms with Gasteiger partial charge in [0.25, 0.3) is 0 Å². The molecule has 4 nitrogen and oxygen atoms in total. The fourth-order valence-electron chi connectivity index (χ4n) is 1.81. The average Bonchev–Trinajstić information content (AvgIpc) is 2.56. The van der Waals surface area contributed by atoms with E-state index >= 15 is 0 Å². The van der Waals surface area contributed by atoms with Crippen LogP contribution in [0.5, 0.6) is 0 Å². The van der Waals surface area contributed by atoms with Crippen molar-refractivity contribution in [2.75, 3.05) is 5.43 Å². The number of fused-ring (bicyclic) bond motifs is 1. The number of nitrogen functional groups attached to an aromatic ring is 1. The molecule has 0 saturated heterocycles. The number of aryl methyl sites for hydroxylation is 1. The molecule has 80 valence electrons. The van der Waals surface area contributed by atoms with Crippen molar-refractivity contribution in [3.63, 3.8) is 0 Å². The molecule has 3 N–H and O–H groups in total. The first kappa shape index (κ1) is 9.98. The molecule has 0 bridgehead atoms. The van der Waals surface area contributed by atoms with Gasteiger partial charge in [-0.2, -0.15) is 0 Å². The van der Waals surface area contributed by atoms with Crippen LogP contribution in [0.2, 0.25) is 0 Å². The predicted molar refractivity (Wildman–Crippen MR) is 62.6 cm³/mol. The minimum Gasteiger partial charge on any atom is -0.331 e. The van der Waals surface area contributed by atoms with Gasteiger partial charge in [0.05, 0.1) is 16.7 Å². The van der Waals surface area contributed by atoms with Crippen LogP contribution < -0.4 is 11.3 Å². The van der Waals surface area contributed by atoms with Crippen LogP contribution in [0.4, 0.5) is 5.69 Å². The van der Waals surface area contributed by atoms with Crippen LogP contribution in [-0.4, -0.2) is 9.55 Å². The number of anilines is 1. The standard InChI is InChI=1S/C11H16N4/c1-7(2)11-13-9-5-4-8(14-12)6-10(9)15(11)3/h4-7,14H,12H2,1-3H3. The van der Waals surface area contributed by atoms with Gasteiger partial charge in [0.15, 0.2) is 0 Å². The number of hydrogen-bond donors (Lipinski definition) is 2. The summed E-state index contributed by atoms with van der Waals surface area (Å²) < 4.78 is 2.11. The number of aromatic nitrogens is 2. The second kappa shape index (κ2) is 3.55. The van der Waals surface area contributed by atoms with Crippen molar-refractivity contribution in [3.05, 3.63) is 24.0 Å². The van der Waals surface area contributed by atoms with Crippen molar-refractivity contribution >= 4 is 16.7 Å². The first-order chi connectivity index (χ1) is 7.13. The van der Waals surface area contributed by atoms with Crippen LogP contribution in [-0.2, 0) is 7.05 Å². The Bertz CT molecular complexity index is 485. The summed E-state index contributed by atoms with van der Waals surface area (Å²) >= 11 is 0. The minimum absolute atomic E-state index is 0.427. The van der Waals surface area contributed by atoms with Crippen LogP contribution in [0.3, 0.4) is 0 Å². The van der Waals surface area contributed by atoms with Crippen molar-refractivity contribution in [2.45, 2.75) is 19.8 Å². The molecule has 1 heterocycles. The third-order valence-corrected chi connectivity index (χ3v) is 2.60. The molecule has 0 aliphatic heterocycles. The van der Waals surface area contributed by atoms with E-state index in [1.54, 1.807) is 0 Å². The van der Waals surface area contributed by atoms with E-state index in [2.05, 4.69) is 28.8 Å². The molecule has 0 aliphatic rings. The van der Waals surface area contributed by atoms with Gasteiger partial charge in [0, 0.05) is 13.0 Å². The molecule has 0 unspecified atom stereocenters. The Morgan fingerprint density at radius 2 is 2.13 bits per heavy atom. The lowest BCUT2D eigenvalue weighted by molar-refractivity contribution is 0.722. The van der Waals surface area contributed by atoms with Gasteiger partial charge in [-0.1, -0.05) is 13.8 Å². The number of nitrogens with two attached hydrogens (primary N) is 1. The maximum atomic E-state index is 5.38. The van der Waals surface area contributed by atoms with Crippen LogP contribution in [0.15, 0.2) is 18.2 Å². The highest BCUT2D eigenvalue weighted by Crippen LogP contribution is 2.22. The average molecular weight is 204 g/mol. The SMILES string of the molecule is CC(C)c1nc2ccc(NN)cc2n1C. The molecule has 0 spiro atoms. The van der Waals surface area contributed by atoms with E-state index < -0.39 is 0 Å². The molecular weight excluding hydrogens is 188 g/mol. The Hall–Kier alpha value is -1.55. The minimum atomic E-state index is 0.427. The Kier molecular flexibility index (Phi) is 2.36. The molecule has 0 fully saturated rings. The van der Waals surface area contributed by atoms with Gasteiger partial charge >= 0.3 is 0 Å². The van der Waals surface area contributed by atoms with Gasteiger partial charge in [0.1, 0.15) is 5.82 Å². The topological polar surface area (TPSA) is 55.9 Å². The fraction of sp³-hybridized carbons (Fsp3) is 0.364. The molecule has 0 aliphatic carbocycles. The summed E-state index contributed by atoms with van der Waals surface area (Å²) in [6.45, 7) is 4.28. The van der Waals surface area contributed by atoms with Gasteiger partial charge < -0.3 is 9.99 Å². The molecule has 2 rings (SSSR count). The molecule has 15 heavy (non-hydrogen) atoms. The van der Waals surface area contributed by atoms with E-state index in [0.717, 1.165) is 22.5 Å². The van der Waals surface area contributed by atoms with Crippen LogP contribution in [0.25, 0.3) is 11.0 Å². The number of rotatable bonds is 2. The molecule has 1 aromatic carbocycles. The quantitative estimate of drug-likeness (QED) is 0.581. The maximum absolute atomic E-state index is 5.38. The first-order valence-corrected chi connectivity index (χ1v) is 5.06. The summed E-state index contributed by atoms with van der Waals surface area (Å²) in [6.07, 6.45) is 0. The van der Waals surface area contributed by atoms with Crippen LogP contribution >= 0.6 is 0 Å². The van der Waals surface area contributed by atoms with E-state index in [-0.39, 0.29) is 0 Å². The summed E-state index contributed by atoms with van der Waals surface area (Å²) in [5, 5.41) is 0. The van der Waals surface area contributed by atoms with Gasteiger partial charge in [-0.05, 0) is 18.2 Å². The van der Waals surface area contributed by atoms with E-state index in [1.807, 2.05) is 25.2 Å². The summed E-state index contributed by atoms with van der Waals surface area (Å²) in [7, 11) is 2.03.